The number of fused-ring (bicyclic) bond motifs is 1. The van der Waals surface area contributed by atoms with Crippen LogP contribution in [-0.4, -0.2) is 42.5 Å². The maximum atomic E-state index is 11.6. The van der Waals surface area contributed by atoms with Gasteiger partial charge in [0.25, 0.3) is 5.91 Å². The minimum absolute atomic E-state index is 0.188. The molecule has 0 spiro atoms. The first kappa shape index (κ1) is 15.4. The zero-order valence-corrected chi connectivity index (χ0v) is 12.4. The quantitative estimate of drug-likeness (QED) is 0.624. The number of anilines is 1. The first-order chi connectivity index (χ1) is 10.4. The summed E-state index contributed by atoms with van der Waals surface area (Å²) < 4.78 is 0. The van der Waals surface area contributed by atoms with Gasteiger partial charge in [0.15, 0.2) is 0 Å². The summed E-state index contributed by atoms with van der Waals surface area (Å²) in [6.45, 7) is 0.643. The van der Waals surface area contributed by atoms with Gasteiger partial charge in [0.2, 0.25) is 0 Å². The van der Waals surface area contributed by atoms with Crippen LogP contribution in [-0.2, 0) is 0 Å². The number of aromatic amines is 1. The normalized spacial score (nSPS) is 10.3. The number of nitrogens with two attached hydrogens (primary N) is 2. The van der Waals surface area contributed by atoms with E-state index >= 15 is 0 Å². The van der Waals surface area contributed by atoms with Gasteiger partial charge in [-0.3, -0.25) is 15.0 Å². The predicted octanol–water partition coefficient (Wildman–Crippen LogP) is 0.670. The van der Waals surface area contributed by atoms with Crippen LogP contribution in [0.15, 0.2) is 18.2 Å². The number of nitrogens with one attached hydrogen (secondary N) is 2. The highest BCUT2D eigenvalue weighted by molar-refractivity contribution is 6.13. The Morgan fingerprint density at radius 3 is 2.64 bits per heavy atom. The Balaban J connectivity index is 2.46. The molecule has 6 N–H and O–H groups in total. The van der Waals surface area contributed by atoms with Crippen molar-refractivity contribution in [2.24, 2.45) is 11.5 Å². The zero-order valence-electron chi connectivity index (χ0n) is 12.4. The second kappa shape index (κ2) is 6.20. The number of carbonyl (C=O) groups is 2. The Bertz CT molecular complexity index is 795. The highest BCUT2D eigenvalue weighted by Gasteiger charge is 2.17. The molecule has 1 aromatic carbocycles. The van der Waals surface area contributed by atoms with Crippen molar-refractivity contribution in [3.8, 4) is 11.8 Å². The van der Waals surface area contributed by atoms with Crippen molar-refractivity contribution in [1.82, 2.24) is 9.88 Å². The van der Waals surface area contributed by atoms with Gasteiger partial charge in [-0.2, -0.15) is 0 Å². The van der Waals surface area contributed by atoms with Crippen molar-refractivity contribution >= 4 is 28.7 Å². The molecule has 0 fully saturated rings. The van der Waals surface area contributed by atoms with E-state index in [4.69, 9.17) is 11.5 Å². The fourth-order valence-electron chi connectivity index (χ4n) is 2.05. The summed E-state index contributed by atoms with van der Waals surface area (Å²) >= 11 is 0. The lowest BCUT2D eigenvalue weighted by Gasteiger charge is -2.01. The standard InChI is InChI=1S/C15H17N5O2/c1-20(2)7-3-4-9-5-6-10-11(8-9)18-14(19-15(17)22)12(10)13(16)21/h5-6,8,18H,7H2,1-2H3,(H2,16,21)(H3,17,19,22). The van der Waals surface area contributed by atoms with Crippen molar-refractivity contribution in [3.63, 3.8) is 0 Å². The average molecular weight is 299 g/mol. The van der Waals surface area contributed by atoms with E-state index in [1.165, 1.54) is 0 Å². The predicted molar refractivity (Wildman–Crippen MR) is 85.5 cm³/mol. The number of aromatic nitrogens is 1. The van der Waals surface area contributed by atoms with E-state index in [2.05, 4.69) is 22.1 Å². The van der Waals surface area contributed by atoms with Gasteiger partial charge in [-0.1, -0.05) is 17.9 Å². The van der Waals surface area contributed by atoms with Crippen LogP contribution in [0.3, 0.4) is 0 Å². The molecule has 3 amide bonds. The molecule has 0 atom stereocenters. The van der Waals surface area contributed by atoms with Gasteiger partial charge in [-0.15, -0.1) is 0 Å². The molecule has 7 heteroatoms. The van der Waals surface area contributed by atoms with Crippen molar-refractivity contribution in [2.45, 2.75) is 0 Å². The number of rotatable bonds is 3. The van der Waals surface area contributed by atoms with E-state index in [9.17, 15) is 9.59 Å². The largest absolute Gasteiger partial charge is 0.365 e. The third-order valence-electron chi connectivity index (χ3n) is 2.92. The maximum absolute atomic E-state index is 11.6. The highest BCUT2D eigenvalue weighted by Crippen LogP contribution is 2.26. The molecule has 0 aliphatic rings. The number of primary amides is 2. The Morgan fingerprint density at radius 1 is 1.32 bits per heavy atom. The molecule has 2 rings (SSSR count). The van der Waals surface area contributed by atoms with Crippen LogP contribution in [0.1, 0.15) is 15.9 Å². The topological polar surface area (TPSA) is 117 Å². The van der Waals surface area contributed by atoms with Crippen molar-refractivity contribution < 1.29 is 9.59 Å². The zero-order chi connectivity index (χ0) is 16.3. The average Bonchev–Trinajstić information content (AvgIpc) is 2.74. The molecule has 0 saturated carbocycles. The number of hydrogen-bond acceptors (Lipinski definition) is 3. The van der Waals surface area contributed by atoms with Gasteiger partial charge in [0, 0.05) is 16.5 Å². The first-order valence-corrected chi connectivity index (χ1v) is 6.54. The molecule has 22 heavy (non-hydrogen) atoms. The smallest absolute Gasteiger partial charge is 0.317 e. The van der Waals surface area contributed by atoms with Crippen molar-refractivity contribution in [3.05, 3.63) is 29.3 Å². The van der Waals surface area contributed by atoms with Crippen LogP contribution in [0.2, 0.25) is 0 Å². The van der Waals surface area contributed by atoms with E-state index < -0.39 is 11.9 Å². The lowest BCUT2D eigenvalue weighted by molar-refractivity contribution is 0.100. The van der Waals surface area contributed by atoms with E-state index in [1.54, 1.807) is 18.2 Å². The fourth-order valence-corrected chi connectivity index (χ4v) is 2.05. The Labute approximate surface area is 127 Å². The molecular formula is C15H17N5O2. The van der Waals surface area contributed by atoms with E-state index in [0.717, 1.165) is 5.56 Å². The molecule has 0 saturated heterocycles. The minimum Gasteiger partial charge on any atom is -0.365 e. The van der Waals surface area contributed by atoms with Gasteiger partial charge in [-0.25, -0.2) is 4.79 Å². The van der Waals surface area contributed by atoms with E-state index in [0.29, 0.717) is 17.4 Å². The number of nitrogens with zero attached hydrogens (tertiary/aromatic N) is 1. The number of benzene rings is 1. The summed E-state index contributed by atoms with van der Waals surface area (Å²) in [5, 5.41) is 2.97. The van der Waals surface area contributed by atoms with Gasteiger partial charge < -0.3 is 16.5 Å². The third-order valence-corrected chi connectivity index (χ3v) is 2.92. The molecule has 2 aromatic rings. The van der Waals surface area contributed by atoms with Gasteiger partial charge in [-0.05, 0) is 26.2 Å². The van der Waals surface area contributed by atoms with Gasteiger partial charge >= 0.3 is 6.03 Å². The van der Waals surface area contributed by atoms with Crippen LogP contribution in [0.4, 0.5) is 10.6 Å². The molecule has 7 nitrogen and oxygen atoms in total. The minimum atomic E-state index is -0.778. The molecule has 0 bridgehead atoms. The third kappa shape index (κ3) is 3.37. The molecule has 0 unspecified atom stereocenters. The monoisotopic (exact) mass is 299 g/mol. The first-order valence-electron chi connectivity index (χ1n) is 6.54. The van der Waals surface area contributed by atoms with Gasteiger partial charge in [0.1, 0.15) is 5.82 Å². The van der Waals surface area contributed by atoms with Crippen LogP contribution in [0.5, 0.6) is 0 Å². The molecule has 114 valence electrons. The second-order valence-electron chi connectivity index (χ2n) is 5.03. The van der Waals surface area contributed by atoms with Crippen molar-refractivity contribution in [2.75, 3.05) is 26.0 Å². The molecule has 0 radical (unpaired) electrons. The molecular weight excluding hydrogens is 282 g/mol. The number of H-pyrrole nitrogens is 1. The van der Waals surface area contributed by atoms with Crippen molar-refractivity contribution in [1.29, 1.82) is 0 Å². The summed E-state index contributed by atoms with van der Waals surface area (Å²) in [4.78, 5) is 27.5. The molecule has 0 aliphatic heterocycles. The summed E-state index contributed by atoms with van der Waals surface area (Å²) in [7, 11) is 3.87. The van der Waals surface area contributed by atoms with Crippen LogP contribution >= 0.6 is 0 Å². The lowest BCUT2D eigenvalue weighted by atomic mass is 10.1. The fraction of sp³-hybridized carbons (Fsp3) is 0.200. The molecule has 0 aliphatic carbocycles. The van der Waals surface area contributed by atoms with E-state index in [-0.39, 0.29) is 11.4 Å². The molecule has 1 heterocycles. The SMILES string of the molecule is CN(C)CC#Cc1ccc2c(C(N)=O)c(NC(N)=O)[nH]c2c1. The number of amides is 3. The number of urea groups is 1. The van der Waals surface area contributed by atoms with Crippen LogP contribution in [0.25, 0.3) is 10.9 Å². The summed E-state index contributed by atoms with van der Waals surface area (Å²) in [5.41, 5.74) is 12.1. The van der Waals surface area contributed by atoms with Gasteiger partial charge in [0.05, 0.1) is 12.1 Å². The Kier molecular flexibility index (Phi) is 4.34. The second-order valence-corrected chi connectivity index (χ2v) is 5.03. The summed E-state index contributed by atoms with van der Waals surface area (Å²) in [6.07, 6.45) is 0. The number of hydrogen-bond donors (Lipinski definition) is 4. The number of carbonyl (C=O) groups excluding carboxylic acids is 2. The highest BCUT2D eigenvalue weighted by atomic mass is 16.2. The maximum Gasteiger partial charge on any atom is 0.317 e. The lowest BCUT2D eigenvalue weighted by Crippen LogP contribution is -2.22. The Morgan fingerprint density at radius 2 is 2.05 bits per heavy atom. The Hall–Kier alpha value is -2.98. The molecule has 1 aromatic heterocycles. The summed E-state index contributed by atoms with van der Waals surface area (Å²) in [5.74, 6) is 5.59. The van der Waals surface area contributed by atoms with E-state index in [1.807, 2.05) is 19.0 Å². The van der Waals surface area contributed by atoms with Crippen LogP contribution in [0, 0.1) is 11.8 Å². The summed E-state index contributed by atoms with van der Waals surface area (Å²) in [6, 6.07) is 4.54. The van der Waals surface area contributed by atoms with Crippen LogP contribution < -0.4 is 16.8 Å².